The molecule has 0 amide bonds. The number of hydrogen-bond acceptors (Lipinski definition) is 4. The molecule has 0 bridgehead atoms. The average molecular weight is 419 g/mol. The van der Waals surface area contributed by atoms with Crippen LogP contribution in [0.2, 0.25) is 0 Å². The summed E-state index contributed by atoms with van der Waals surface area (Å²) in [6, 6.07) is 19.8. The van der Waals surface area contributed by atoms with Gasteiger partial charge in [-0.1, -0.05) is 60.7 Å². The first-order valence-corrected chi connectivity index (χ1v) is 9.28. The van der Waals surface area contributed by atoms with Gasteiger partial charge in [0.05, 0.1) is 33.0 Å². The Hall–Kier alpha value is -1.95. The number of halogens is 1. The van der Waals surface area contributed by atoms with Crippen molar-refractivity contribution in [3.63, 3.8) is 0 Å². The Morgan fingerprint density at radius 1 is 0.846 bits per heavy atom. The van der Waals surface area contributed by atoms with Crippen molar-refractivity contribution in [3.05, 3.63) is 81.8 Å². The molecule has 0 aliphatic heterocycles. The van der Waals surface area contributed by atoms with E-state index in [-0.39, 0.29) is 13.2 Å². The molecular formula is C21H23BrO4. The molecule has 0 saturated heterocycles. The third-order valence-electron chi connectivity index (χ3n) is 3.54. The molecule has 0 fully saturated rings. The van der Waals surface area contributed by atoms with Crippen LogP contribution in [0.3, 0.4) is 0 Å². The summed E-state index contributed by atoms with van der Waals surface area (Å²) in [5.74, 6) is -0.408. The average Bonchev–Trinajstić information content (AvgIpc) is 2.68. The van der Waals surface area contributed by atoms with Crippen LogP contribution in [-0.4, -0.2) is 25.8 Å². The molecule has 5 heteroatoms. The van der Waals surface area contributed by atoms with Gasteiger partial charge in [-0.25, -0.2) is 4.79 Å². The maximum Gasteiger partial charge on any atom is 0.345 e. The van der Waals surface area contributed by atoms with Crippen molar-refractivity contribution in [2.75, 3.05) is 19.8 Å². The molecule has 2 aromatic rings. The molecule has 0 aromatic heterocycles. The molecule has 2 rings (SSSR count). The normalized spacial score (nSPS) is 10.4. The lowest BCUT2D eigenvalue weighted by molar-refractivity contribution is -0.137. The van der Waals surface area contributed by atoms with Gasteiger partial charge < -0.3 is 14.2 Å². The molecule has 0 unspecified atom stereocenters. The van der Waals surface area contributed by atoms with E-state index in [0.717, 1.165) is 16.7 Å². The quantitative estimate of drug-likeness (QED) is 0.416. The Morgan fingerprint density at radius 3 is 1.73 bits per heavy atom. The van der Waals surface area contributed by atoms with Crippen LogP contribution in [0.1, 0.15) is 18.1 Å². The van der Waals surface area contributed by atoms with Crippen molar-refractivity contribution in [1.29, 1.82) is 0 Å². The minimum absolute atomic E-state index is 0.281. The molecule has 0 heterocycles. The number of benzene rings is 2. The number of carbonyl (C=O) groups excluding carboxylic acids is 1. The predicted molar refractivity (Wildman–Crippen MR) is 105 cm³/mol. The number of ether oxygens (including phenoxy) is 3. The first-order chi connectivity index (χ1) is 12.7. The van der Waals surface area contributed by atoms with Crippen molar-refractivity contribution in [2.45, 2.75) is 20.1 Å². The summed E-state index contributed by atoms with van der Waals surface area (Å²) < 4.78 is 16.9. The largest absolute Gasteiger partial charge is 0.462 e. The highest BCUT2D eigenvalue weighted by Crippen LogP contribution is 2.17. The molecule has 0 spiro atoms. The van der Waals surface area contributed by atoms with Gasteiger partial charge in [-0.05, 0) is 34.0 Å². The van der Waals surface area contributed by atoms with Crippen molar-refractivity contribution >= 4 is 21.9 Å². The summed E-state index contributed by atoms with van der Waals surface area (Å²) in [5.41, 5.74) is 2.86. The van der Waals surface area contributed by atoms with E-state index < -0.39 is 5.97 Å². The van der Waals surface area contributed by atoms with Gasteiger partial charge in [-0.2, -0.15) is 0 Å². The topological polar surface area (TPSA) is 44.8 Å². The van der Waals surface area contributed by atoms with Crippen LogP contribution in [0, 0.1) is 0 Å². The Bertz CT molecular complexity index is 651. The summed E-state index contributed by atoms with van der Waals surface area (Å²) in [6.45, 7) is 3.58. The molecule has 0 atom stereocenters. The third-order valence-corrected chi connectivity index (χ3v) is 4.43. The molecular weight excluding hydrogens is 396 g/mol. The van der Waals surface area contributed by atoms with E-state index in [1.54, 1.807) is 6.92 Å². The Labute approximate surface area is 162 Å². The summed E-state index contributed by atoms with van der Waals surface area (Å²) in [6.07, 6.45) is 0. The standard InChI is InChI=1S/C21H23BrO4/c1-2-26-21(23)20(22)19(15-24-13-17-9-5-3-6-10-17)16-25-14-18-11-7-4-8-12-18/h3-12H,2,13-16H2,1H3. The van der Waals surface area contributed by atoms with Crippen LogP contribution in [0.25, 0.3) is 0 Å². The minimum atomic E-state index is -0.408. The molecule has 0 aliphatic rings. The Kier molecular flexibility index (Phi) is 9.10. The van der Waals surface area contributed by atoms with Crippen molar-refractivity contribution < 1.29 is 19.0 Å². The van der Waals surface area contributed by atoms with Crippen molar-refractivity contribution in [2.24, 2.45) is 0 Å². The second-order valence-electron chi connectivity index (χ2n) is 5.59. The zero-order valence-electron chi connectivity index (χ0n) is 14.8. The first kappa shape index (κ1) is 20.4. The number of carbonyl (C=O) groups is 1. The maximum absolute atomic E-state index is 12.0. The predicted octanol–water partition coefficient (Wildman–Crippen LogP) is 4.63. The Morgan fingerprint density at radius 2 is 1.31 bits per heavy atom. The van der Waals surface area contributed by atoms with Gasteiger partial charge in [0, 0.05) is 5.57 Å². The molecule has 2 aromatic carbocycles. The second-order valence-corrected chi connectivity index (χ2v) is 6.39. The fraction of sp³-hybridized carbons (Fsp3) is 0.286. The van der Waals surface area contributed by atoms with Crippen LogP contribution >= 0.6 is 15.9 Å². The minimum Gasteiger partial charge on any atom is -0.462 e. The Balaban J connectivity index is 1.94. The lowest BCUT2D eigenvalue weighted by Crippen LogP contribution is -2.13. The molecule has 0 radical (unpaired) electrons. The van der Waals surface area contributed by atoms with Gasteiger partial charge in [0.15, 0.2) is 0 Å². The summed E-state index contributed by atoms with van der Waals surface area (Å²) in [7, 11) is 0. The highest BCUT2D eigenvalue weighted by molar-refractivity contribution is 9.12. The van der Waals surface area contributed by atoms with Gasteiger partial charge in [0.2, 0.25) is 0 Å². The van der Waals surface area contributed by atoms with Gasteiger partial charge in [-0.15, -0.1) is 0 Å². The SMILES string of the molecule is CCOC(=O)C(Br)=C(COCc1ccccc1)COCc1ccccc1. The maximum atomic E-state index is 12.0. The molecule has 0 saturated carbocycles. The van der Waals surface area contributed by atoms with Crippen LogP contribution in [-0.2, 0) is 32.2 Å². The van der Waals surface area contributed by atoms with Gasteiger partial charge in [-0.3, -0.25) is 0 Å². The fourth-order valence-corrected chi connectivity index (χ4v) is 2.58. The second kappa shape index (κ2) is 11.6. The summed E-state index contributed by atoms with van der Waals surface area (Å²) >= 11 is 3.33. The molecule has 0 N–H and O–H groups in total. The number of esters is 1. The van der Waals surface area contributed by atoms with E-state index in [4.69, 9.17) is 14.2 Å². The van der Waals surface area contributed by atoms with E-state index in [2.05, 4.69) is 15.9 Å². The highest BCUT2D eigenvalue weighted by Gasteiger charge is 2.14. The fourth-order valence-electron chi connectivity index (χ4n) is 2.24. The van der Waals surface area contributed by atoms with E-state index in [1.807, 2.05) is 60.7 Å². The van der Waals surface area contributed by atoms with E-state index in [9.17, 15) is 4.79 Å². The van der Waals surface area contributed by atoms with E-state index in [0.29, 0.717) is 24.3 Å². The smallest absolute Gasteiger partial charge is 0.345 e. The monoisotopic (exact) mass is 418 g/mol. The van der Waals surface area contributed by atoms with Crippen LogP contribution < -0.4 is 0 Å². The van der Waals surface area contributed by atoms with Crippen molar-refractivity contribution in [1.82, 2.24) is 0 Å². The molecule has 26 heavy (non-hydrogen) atoms. The van der Waals surface area contributed by atoms with Gasteiger partial charge in [0.25, 0.3) is 0 Å². The highest BCUT2D eigenvalue weighted by atomic mass is 79.9. The van der Waals surface area contributed by atoms with Crippen LogP contribution in [0.5, 0.6) is 0 Å². The van der Waals surface area contributed by atoms with E-state index >= 15 is 0 Å². The zero-order valence-corrected chi connectivity index (χ0v) is 16.4. The molecule has 0 aliphatic carbocycles. The number of hydrogen-bond donors (Lipinski definition) is 0. The lowest BCUT2D eigenvalue weighted by Gasteiger charge is -2.12. The van der Waals surface area contributed by atoms with Gasteiger partial charge >= 0.3 is 5.97 Å². The van der Waals surface area contributed by atoms with E-state index in [1.165, 1.54) is 0 Å². The van der Waals surface area contributed by atoms with Crippen LogP contribution in [0.4, 0.5) is 0 Å². The number of rotatable bonds is 10. The summed E-state index contributed by atoms with van der Waals surface area (Å²) in [5, 5.41) is 0. The molecule has 4 nitrogen and oxygen atoms in total. The lowest BCUT2D eigenvalue weighted by atomic mass is 10.2. The zero-order chi connectivity index (χ0) is 18.6. The van der Waals surface area contributed by atoms with Gasteiger partial charge in [0.1, 0.15) is 4.48 Å². The molecule has 138 valence electrons. The van der Waals surface area contributed by atoms with Crippen molar-refractivity contribution in [3.8, 4) is 0 Å². The third kappa shape index (κ3) is 7.12. The summed E-state index contributed by atoms with van der Waals surface area (Å²) in [4.78, 5) is 12.0. The first-order valence-electron chi connectivity index (χ1n) is 8.48. The van der Waals surface area contributed by atoms with Crippen LogP contribution in [0.15, 0.2) is 70.7 Å².